The summed E-state index contributed by atoms with van der Waals surface area (Å²) < 4.78 is 5.52. The van der Waals surface area contributed by atoms with E-state index in [1.807, 2.05) is 48.5 Å². The lowest BCUT2D eigenvalue weighted by Crippen LogP contribution is -2.12. The van der Waals surface area contributed by atoms with Crippen LogP contribution in [0, 0.1) is 17.2 Å². The van der Waals surface area contributed by atoms with Crippen LogP contribution in [0.2, 0.25) is 0 Å². The first-order valence-electron chi connectivity index (χ1n) is 9.72. The van der Waals surface area contributed by atoms with Gasteiger partial charge in [-0.1, -0.05) is 74.6 Å². The molecule has 3 heteroatoms. The van der Waals surface area contributed by atoms with Gasteiger partial charge in [0.2, 0.25) is 0 Å². The van der Waals surface area contributed by atoms with Gasteiger partial charge in [0.15, 0.2) is 0 Å². The van der Waals surface area contributed by atoms with Crippen molar-refractivity contribution in [1.82, 2.24) is 0 Å². The normalized spacial score (nSPS) is 15.1. The lowest BCUT2D eigenvalue weighted by Gasteiger charge is -2.20. The predicted octanol–water partition coefficient (Wildman–Crippen LogP) is 6.02. The molecule has 0 saturated heterocycles. The molecule has 1 saturated carbocycles. The van der Waals surface area contributed by atoms with Gasteiger partial charge in [-0.15, -0.1) is 0 Å². The van der Waals surface area contributed by atoms with E-state index in [0.717, 1.165) is 17.5 Å². The molecule has 3 rings (SSSR count). The molecule has 2 aromatic carbocycles. The highest BCUT2D eigenvalue weighted by Crippen LogP contribution is 2.27. The van der Waals surface area contributed by atoms with E-state index in [4.69, 9.17) is 4.74 Å². The number of nitriles is 1. The minimum Gasteiger partial charge on any atom is -0.427 e. The van der Waals surface area contributed by atoms with Crippen LogP contribution in [-0.2, 0) is 4.79 Å². The zero-order valence-corrected chi connectivity index (χ0v) is 15.6. The Kier molecular flexibility index (Phi) is 6.82. The topological polar surface area (TPSA) is 50.1 Å². The smallest absolute Gasteiger partial charge is 0.311 e. The maximum Gasteiger partial charge on any atom is 0.311 e. The van der Waals surface area contributed by atoms with Crippen molar-refractivity contribution in [3.05, 3.63) is 65.7 Å². The van der Waals surface area contributed by atoms with E-state index in [2.05, 4.69) is 6.07 Å². The Morgan fingerprint density at radius 3 is 2.59 bits per heavy atom. The summed E-state index contributed by atoms with van der Waals surface area (Å²) in [7, 11) is 0. The van der Waals surface area contributed by atoms with Crippen LogP contribution in [0.5, 0.6) is 5.75 Å². The zero-order chi connectivity index (χ0) is 18.9. The number of hydrogen-bond acceptors (Lipinski definition) is 3. The summed E-state index contributed by atoms with van der Waals surface area (Å²) >= 11 is 0. The van der Waals surface area contributed by atoms with Crippen molar-refractivity contribution in [3.8, 4) is 11.8 Å². The van der Waals surface area contributed by atoms with Crippen molar-refractivity contribution in [2.45, 2.75) is 44.9 Å². The molecule has 3 nitrogen and oxygen atoms in total. The third-order valence-corrected chi connectivity index (χ3v) is 5.09. The van der Waals surface area contributed by atoms with Crippen molar-refractivity contribution in [3.63, 3.8) is 0 Å². The van der Waals surface area contributed by atoms with E-state index in [1.165, 1.54) is 32.1 Å². The molecule has 1 aliphatic carbocycles. The Hall–Kier alpha value is -2.86. The van der Waals surface area contributed by atoms with Crippen molar-refractivity contribution in [1.29, 1.82) is 5.26 Å². The van der Waals surface area contributed by atoms with Crippen LogP contribution in [0.1, 0.15) is 56.1 Å². The van der Waals surface area contributed by atoms with Crippen molar-refractivity contribution >= 4 is 17.6 Å². The summed E-state index contributed by atoms with van der Waals surface area (Å²) in [5, 5.41) is 9.45. The number of benzene rings is 2. The fraction of sp³-hybridized carbons (Fsp3) is 0.333. The third kappa shape index (κ3) is 5.82. The summed E-state index contributed by atoms with van der Waals surface area (Å²) in [5.74, 6) is 1.03. The number of carbonyl (C=O) groups is 1. The van der Waals surface area contributed by atoms with E-state index < -0.39 is 0 Å². The zero-order valence-electron chi connectivity index (χ0n) is 15.6. The highest BCUT2D eigenvalue weighted by molar-refractivity contribution is 5.89. The number of hydrogen-bond donors (Lipinski definition) is 0. The van der Waals surface area contributed by atoms with Gasteiger partial charge in [-0.2, -0.15) is 5.26 Å². The molecule has 1 fully saturated rings. The second-order valence-electron chi connectivity index (χ2n) is 7.13. The van der Waals surface area contributed by atoms with E-state index in [1.54, 1.807) is 12.1 Å². The van der Waals surface area contributed by atoms with Crippen LogP contribution in [-0.4, -0.2) is 5.97 Å². The average molecular weight is 359 g/mol. The second-order valence-corrected chi connectivity index (χ2v) is 7.13. The standard InChI is InChI=1S/C24H25NO2/c25-18-22(21-11-5-2-6-12-21)16-20-10-7-13-23(17-20)27-24(26)15-14-19-8-3-1-4-9-19/h2,5-7,10-13,16-17,19H,1,3-4,8-9,14-15H2/b22-16-. The van der Waals surface area contributed by atoms with Gasteiger partial charge >= 0.3 is 5.97 Å². The molecule has 0 bridgehead atoms. The fourth-order valence-corrected chi connectivity index (χ4v) is 3.61. The van der Waals surface area contributed by atoms with Gasteiger partial charge in [-0.3, -0.25) is 4.79 Å². The molecule has 0 aliphatic heterocycles. The molecule has 2 aromatic rings. The monoisotopic (exact) mass is 359 g/mol. The molecule has 1 aliphatic rings. The van der Waals surface area contributed by atoms with Gasteiger partial charge < -0.3 is 4.74 Å². The largest absolute Gasteiger partial charge is 0.427 e. The minimum atomic E-state index is -0.176. The molecule has 0 radical (unpaired) electrons. The van der Waals surface area contributed by atoms with Crippen LogP contribution in [0.3, 0.4) is 0 Å². The lowest BCUT2D eigenvalue weighted by atomic mass is 9.86. The van der Waals surface area contributed by atoms with Crippen molar-refractivity contribution in [2.75, 3.05) is 0 Å². The van der Waals surface area contributed by atoms with E-state index in [-0.39, 0.29) is 5.97 Å². The Labute approximate surface area is 161 Å². The molecule has 0 spiro atoms. The second kappa shape index (κ2) is 9.73. The van der Waals surface area contributed by atoms with Crippen LogP contribution in [0.25, 0.3) is 11.6 Å². The maximum atomic E-state index is 12.2. The van der Waals surface area contributed by atoms with Crippen LogP contribution in [0.15, 0.2) is 54.6 Å². The first-order chi connectivity index (χ1) is 13.2. The minimum absolute atomic E-state index is 0.176. The van der Waals surface area contributed by atoms with Gasteiger partial charge in [-0.25, -0.2) is 0 Å². The Morgan fingerprint density at radius 1 is 1.07 bits per heavy atom. The van der Waals surface area contributed by atoms with Gasteiger partial charge in [0.1, 0.15) is 5.75 Å². The van der Waals surface area contributed by atoms with Crippen LogP contribution in [0.4, 0.5) is 0 Å². The first-order valence-corrected chi connectivity index (χ1v) is 9.72. The third-order valence-electron chi connectivity index (χ3n) is 5.09. The van der Waals surface area contributed by atoms with Crippen LogP contribution < -0.4 is 4.74 Å². The van der Waals surface area contributed by atoms with Gasteiger partial charge in [-0.05, 0) is 41.7 Å². The van der Waals surface area contributed by atoms with Gasteiger partial charge in [0.25, 0.3) is 0 Å². The number of allylic oxidation sites excluding steroid dienone is 1. The fourth-order valence-electron chi connectivity index (χ4n) is 3.61. The van der Waals surface area contributed by atoms with E-state index in [0.29, 0.717) is 23.7 Å². The highest BCUT2D eigenvalue weighted by atomic mass is 16.5. The number of rotatable bonds is 6. The summed E-state index contributed by atoms with van der Waals surface area (Å²) in [6, 6.07) is 19.1. The summed E-state index contributed by atoms with van der Waals surface area (Å²) in [4.78, 5) is 12.2. The number of ether oxygens (including phenoxy) is 1. The Bertz CT molecular complexity index is 827. The van der Waals surface area contributed by atoms with Gasteiger partial charge in [0, 0.05) is 6.42 Å². The molecule has 27 heavy (non-hydrogen) atoms. The molecule has 0 unspecified atom stereocenters. The summed E-state index contributed by atoms with van der Waals surface area (Å²) in [5.41, 5.74) is 2.29. The van der Waals surface area contributed by atoms with Crippen molar-refractivity contribution in [2.24, 2.45) is 5.92 Å². The Morgan fingerprint density at radius 2 is 1.85 bits per heavy atom. The molecule has 0 heterocycles. The predicted molar refractivity (Wildman–Crippen MR) is 108 cm³/mol. The molecule has 0 aromatic heterocycles. The molecule has 0 atom stereocenters. The SMILES string of the molecule is N#C/C(=C/c1cccc(OC(=O)CCC2CCCCC2)c1)c1ccccc1. The lowest BCUT2D eigenvalue weighted by molar-refractivity contribution is -0.134. The Balaban J connectivity index is 1.62. The van der Waals surface area contributed by atoms with Crippen LogP contribution >= 0.6 is 0 Å². The van der Waals surface area contributed by atoms with E-state index >= 15 is 0 Å². The van der Waals surface area contributed by atoms with E-state index in [9.17, 15) is 10.1 Å². The van der Waals surface area contributed by atoms with Gasteiger partial charge in [0.05, 0.1) is 11.6 Å². The van der Waals surface area contributed by atoms with Crippen molar-refractivity contribution < 1.29 is 9.53 Å². The molecular weight excluding hydrogens is 334 g/mol. The quantitative estimate of drug-likeness (QED) is 0.274. The first kappa shape index (κ1) is 18.9. The molecule has 138 valence electrons. The number of nitrogens with zero attached hydrogens (tertiary/aromatic N) is 1. The molecule has 0 N–H and O–H groups in total. The number of carbonyl (C=O) groups excluding carboxylic acids is 1. The number of esters is 1. The molecule has 0 amide bonds. The summed E-state index contributed by atoms with van der Waals surface area (Å²) in [6.07, 6.45) is 9.59. The average Bonchev–Trinajstić information content (AvgIpc) is 2.72. The highest BCUT2D eigenvalue weighted by Gasteiger charge is 2.15. The summed E-state index contributed by atoms with van der Waals surface area (Å²) in [6.45, 7) is 0. The maximum absolute atomic E-state index is 12.2. The molecular formula is C24H25NO2.